The Kier molecular flexibility index (Phi) is 6.24. The largest absolute Gasteiger partial charge is 0.338 e. The molecule has 0 bridgehead atoms. The van der Waals surface area contributed by atoms with Crippen LogP contribution in [0.5, 0.6) is 0 Å². The molecule has 2 aromatic rings. The first-order valence-corrected chi connectivity index (χ1v) is 12.9. The van der Waals surface area contributed by atoms with Crippen molar-refractivity contribution < 1.29 is 14.4 Å². The summed E-state index contributed by atoms with van der Waals surface area (Å²) < 4.78 is 0.980. The Labute approximate surface area is 205 Å². The highest BCUT2D eigenvalue weighted by Gasteiger charge is 2.42. The Balaban J connectivity index is 1.17. The van der Waals surface area contributed by atoms with Crippen LogP contribution in [-0.4, -0.2) is 88.8 Å². The number of rotatable bonds is 3. The van der Waals surface area contributed by atoms with Crippen LogP contribution < -0.4 is 4.90 Å². The Bertz CT molecular complexity index is 1060. The zero-order chi connectivity index (χ0) is 23.1. The van der Waals surface area contributed by atoms with Crippen LogP contribution in [0.4, 0.5) is 5.69 Å². The standard InChI is InChI=1S/C23H26BrN5O3S/c1-15(30)29-19-5-3-17(24)12-16(19)2-4-20(29)22(31)28-13-18(14-28)26-7-9-27(10-8-26)23(32)21-25-6-11-33-21/h3,5-6,11-12,18,20H,2,4,7-10,13-14H2,1H3. The van der Waals surface area contributed by atoms with Gasteiger partial charge in [-0.05, 0) is 36.6 Å². The number of piperazine rings is 1. The number of benzene rings is 1. The number of amides is 3. The molecular formula is C23H26BrN5O3S. The predicted octanol–water partition coefficient (Wildman–Crippen LogP) is 2.24. The van der Waals surface area contributed by atoms with Gasteiger partial charge in [-0.25, -0.2) is 4.98 Å². The van der Waals surface area contributed by atoms with Gasteiger partial charge >= 0.3 is 0 Å². The quantitative estimate of drug-likeness (QED) is 0.606. The summed E-state index contributed by atoms with van der Waals surface area (Å²) in [4.78, 5) is 50.2. The van der Waals surface area contributed by atoms with Gasteiger partial charge in [0, 0.05) is 74.0 Å². The monoisotopic (exact) mass is 531 g/mol. The topological polar surface area (TPSA) is 77.1 Å². The molecule has 2 saturated heterocycles. The number of aryl methyl sites for hydroxylation is 1. The first-order valence-electron chi connectivity index (χ1n) is 11.2. The van der Waals surface area contributed by atoms with Crippen molar-refractivity contribution in [2.24, 2.45) is 0 Å². The summed E-state index contributed by atoms with van der Waals surface area (Å²) in [5.41, 5.74) is 1.93. The van der Waals surface area contributed by atoms with Crippen molar-refractivity contribution in [3.05, 3.63) is 44.8 Å². The van der Waals surface area contributed by atoms with Crippen molar-refractivity contribution in [1.29, 1.82) is 0 Å². The summed E-state index contributed by atoms with van der Waals surface area (Å²) >= 11 is 4.87. The van der Waals surface area contributed by atoms with E-state index < -0.39 is 6.04 Å². The highest BCUT2D eigenvalue weighted by atomic mass is 79.9. The van der Waals surface area contributed by atoms with Crippen LogP contribution in [-0.2, 0) is 16.0 Å². The Morgan fingerprint density at radius 1 is 1.09 bits per heavy atom. The van der Waals surface area contributed by atoms with E-state index in [1.807, 2.05) is 33.4 Å². The molecule has 3 aliphatic heterocycles. The molecule has 8 nitrogen and oxygen atoms in total. The van der Waals surface area contributed by atoms with Gasteiger partial charge < -0.3 is 9.80 Å². The van der Waals surface area contributed by atoms with E-state index in [9.17, 15) is 14.4 Å². The van der Waals surface area contributed by atoms with E-state index in [1.54, 1.807) is 11.1 Å². The van der Waals surface area contributed by atoms with Gasteiger partial charge in [-0.2, -0.15) is 0 Å². The maximum atomic E-state index is 13.3. The highest BCUT2D eigenvalue weighted by molar-refractivity contribution is 9.10. The molecule has 1 unspecified atom stereocenters. The minimum atomic E-state index is -0.440. The third-order valence-electron chi connectivity index (χ3n) is 6.83. The van der Waals surface area contributed by atoms with Gasteiger partial charge in [0.2, 0.25) is 11.8 Å². The average Bonchev–Trinajstić information content (AvgIpc) is 3.32. The number of carbonyl (C=O) groups excluding carboxylic acids is 3. The number of thiazole rings is 1. The molecular weight excluding hydrogens is 506 g/mol. The van der Waals surface area contributed by atoms with Gasteiger partial charge in [0.15, 0.2) is 5.01 Å². The number of carbonyl (C=O) groups is 3. The third-order valence-corrected chi connectivity index (χ3v) is 8.09. The molecule has 10 heteroatoms. The van der Waals surface area contributed by atoms with Crippen LogP contribution in [0.3, 0.4) is 0 Å². The first kappa shape index (κ1) is 22.5. The maximum absolute atomic E-state index is 13.3. The molecule has 33 heavy (non-hydrogen) atoms. The van der Waals surface area contributed by atoms with Crippen molar-refractivity contribution >= 4 is 50.7 Å². The Hall–Kier alpha value is -2.30. The number of hydrogen-bond donors (Lipinski definition) is 0. The van der Waals surface area contributed by atoms with E-state index in [-0.39, 0.29) is 17.7 Å². The van der Waals surface area contributed by atoms with Crippen molar-refractivity contribution in [3.63, 3.8) is 0 Å². The number of nitrogens with zero attached hydrogens (tertiary/aromatic N) is 5. The van der Waals surface area contributed by atoms with E-state index in [4.69, 9.17) is 0 Å². The lowest BCUT2D eigenvalue weighted by Crippen LogP contribution is -2.67. The second-order valence-electron chi connectivity index (χ2n) is 8.78. The average molecular weight is 532 g/mol. The summed E-state index contributed by atoms with van der Waals surface area (Å²) in [6.07, 6.45) is 3.08. The van der Waals surface area contributed by atoms with Crippen molar-refractivity contribution in [2.45, 2.75) is 31.8 Å². The van der Waals surface area contributed by atoms with Gasteiger partial charge in [0.25, 0.3) is 5.91 Å². The van der Waals surface area contributed by atoms with E-state index >= 15 is 0 Å². The van der Waals surface area contributed by atoms with E-state index in [1.165, 1.54) is 18.3 Å². The number of halogens is 1. The maximum Gasteiger partial charge on any atom is 0.282 e. The lowest BCUT2D eigenvalue weighted by atomic mass is 9.93. The molecule has 1 aromatic carbocycles. The van der Waals surface area contributed by atoms with Crippen LogP contribution in [0.2, 0.25) is 0 Å². The van der Waals surface area contributed by atoms with E-state index in [0.717, 1.165) is 35.2 Å². The van der Waals surface area contributed by atoms with E-state index in [2.05, 4.69) is 25.8 Å². The smallest absolute Gasteiger partial charge is 0.282 e. The molecule has 0 aliphatic carbocycles. The van der Waals surface area contributed by atoms with Crippen LogP contribution in [0.15, 0.2) is 34.2 Å². The lowest BCUT2D eigenvalue weighted by Gasteiger charge is -2.49. The van der Waals surface area contributed by atoms with Crippen LogP contribution in [0, 0.1) is 0 Å². The molecule has 1 aromatic heterocycles. The summed E-state index contributed by atoms with van der Waals surface area (Å²) in [6, 6.07) is 5.74. The number of hydrogen-bond acceptors (Lipinski definition) is 6. The zero-order valence-electron chi connectivity index (χ0n) is 18.4. The minimum Gasteiger partial charge on any atom is -0.338 e. The van der Waals surface area contributed by atoms with Crippen molar-refractivity contribution in [3.8, 4) is 0 Å². The van der Waals surface area contributed by atoms with Gasteiger partial charge in [-0.1, -0.05) is 15.9 Å². The second-order valence-corrected chi connectivity index (χ2v) is 10.6. The summed E-state index contributed by atoms with van der Waals surface area (Å²) in [6.45, 7) is 5.84. The molecule has 5 rings (SSSR count). The SMILES string of the molecule is CC(=O)N1c2ccc(Br)cc2CCC1C(=O)N1CC(N2CCN(C(=O)c3nccs3)CC2)C1. The minimum absolute atomic E-state index is 0.00370. The van der Waals surface area contributed by atoms with Gasteiger partial charge in [0.05, 0.1) is 0 Å². The number of anilines is 1. The zero-order valence-corrected chi connectivity index (χ0v) is 20.8. The van der Waals surface area contributed by atoms with Crippen LogP contribution >= 0.6 is 27.3 Å². The number of fused-ring (bicyclic) bond motifs is 1. The summed E-state index contributed by atoms with van der Waals surface area (Å²) in [7, 11) is 0. The Morgan fingerprint density at radius 3 is 2.52 bits per heavy atom. The molecule has 1 atom stereocenters. The molecule has 3 aliphatic rings. The molecule has 0 saturated carbocycles. The Morgan fingerprint density at radius 2 is 1.85 bits per heavy atom. The molecule has 174 valence electrons. The van der Waals surface area contributed by atoms with Gasteiger partial charge in [0.1, 0.15) is 6.04 Å². The highest BCUT2D eigenvalue weighted by Crippen LogP contribution is 2.34. The molecule has 3 amide bonds. The second kappa shape index (κ2) is 9.15. The molecule has 2 fully saturated rings. The fourth-order valence-corrected chi connectivity index (χ4v) is 6.04. The number of aromatic nitrogens is 1. The first-order chi connectivity index (χ1) is 15.9. The molecule has 4 heterocycles. The third kappa shape index (κ3) is 4.31. The fourth-order valence-electron chi connectivity index (χ4n) is 5.03. The predicted molar refractivity (Wildman–Crippen MR) is 129 cm³/mol. The van der Waals surface area contributed by atoms with Crippen molar-refractivity contribution in [2.75, 3.05) is 44.2 Å². The molecule has 0 radical (unpaired) electrons. The van der Waals surface area contributed by atoms with Gasteiger partial charge in [-0.15, -0.1) is 11.3 Å². The molecule has 0 N–H and O–H groups in total. The van der Waals surface area contributed by atoms with Crippen molar-refractivity contribution in [1.82, 2.24) is 19.7 Å². The summed E-state index contributed by atoms with van der Waals surface area (Å²) in [5, 5.41) is 2.36. The summed E-state index contributed by atoms with van der Waals surface area (Å²) in [5.74, 6) is -0.0636. The molecule has 0 spiro atoms. The van der Waals surface area contributed by atoms with Gasteiger partial charge in [-0.3, -0.25) is 24.2 Å². The fraction of sp³-hybridized carbons (Fsp3) is 0.478. The van der Waals surface area contributed by atoms with Crippen LogP contribution in [0.1, 0.15) is 28.7 Å². The lowest BCUT2D eigenvalue weighted by molar-refractivity contribution is -0.142. The van der Waals surface area contributed by atoms with E-state index in [0.29, 0.717) is 43.6 Å². The number of likely N-dealkylation sites (tertiary alicyclic amines) is 1. The van der Waals surface area contributed by atoms with Crippen LogP contribution in [0.25, 0.3) is 0 Å². The normalized spacial score (nSPS) is 21.5.